The number of aromatic nitrogens is 1. The van der Waals surface area contributed by atoms with Crippen LogP contribution in [-0.4, -0.2) is 61.7 Å². The minimum atomic E-state index is 0. The summed E-state index contributed by atoms with van der Waals surface area (Å²) in [6, 6.07) is 7.78. The number of benzene rings is 1. The second-order valence-corrected chi connectivity index (χ2v) is 8.31. The van der Waals surface area contributed by atoms with E-state index >= 15 is 0 Å². The Hall–Kier alpha value is -1.33. The molecule has 0 fully saturated rings. The zero-order valence-corrected chi connectivity index (χ0v) is 20.4. The van der Waals surface area contributed by atoms with E-state index in [4.69, 9.17) is 0 Å². The highest BCUT2D eigenvalue weighted by Gasteiger charge is 2.08. The van der Waals surface area contributed by atoms with Crippen molar-refractivity contribution >= 4 is 58.9 Å². The molecule has 2 aromatic rings. The predicted molar refractivity (Wildman–Crippen MR) is 130 cm³/mol. The van der Waals surface area contributed by atoms with Gasteiger partial charge in [0.25, 0.3) is 5.91 Å². The van der Waals surface area contributed by atoms with Crippen molar-refractivity contribution in [3.05, 3.63) is 47.0 Å². The van der Waals surface area contributed by atoms with Gasteiger partial charge < -0.3 is 15.5 Å². The number of nitrogens with zero attached hydrogens (tertiary/aromatic N) is 3. The van der Waals surface area contributed by atoms with Gasteiger partial charge in [-0.05, 0) is 30.5 Å². The van der Waals surface area contributed by atoms with Gasteiger partial charge in [0.2, 0.25) is 0 Å². The molecule has 0 spiro atoms. The van der Waals surface area contributed by atoms with Crippen LogP contribution in [0.4, 0.5) is 0 Å². The van der Waals surface area contributed by atoms with Crippen LogP contribution in [0.25, 0.3) is 0 Å². The Balaban J connectivity index is 0.00000392. The number of guanidine groups is 1. The van der Waals surface area contributed by atoms with Gasteiger partial charge in [0.05, 0.1) is 0 Å². The Bertz CT molecular complexity index is 738. The number of aliphatic imine (C=N–C) groups is 1. The summed E-state index contributed by atoms with van der Waals surface area (Å²) < 4.78 is 1.12. The van der Waals surface area contributed by atoms with E-state index < -0.39 is 0 Å². The van der Waals surface area contributed by atoms with E-state index in [1.807, 2.05) is 35.8 Å². The van der Waals surface area contributed by atoms with Crippen LogP contribution in [0.3, 0.4) is 0 Å². The van der Waals surface area contributed by atoms with E-state index in [2.05, 4.69) is 20.6 Å². The molecule has 2 rings (SSSR count). The predicted octanol–water partition coefficient (Wildman–Crippen LogP) is 3.35. The molecule has 0 aliphatic carbocycles. The number of hydrogen-bond donors (Lipinski definition) is 2. The Morgan fingerprint density at radius 3 is 2.75 bits per heavy atom. The number of nitrogens with one attached hydrogen (secondary N) is 2. The Labute approximate surface area is 192 Å². The van der Waals surface area contributed by atoms with Crippen LogP contribution in [0.15, 0.2) is 45.2 Å². The molecule has 9 heteroatoms. The van der Waals surface area contributed by atoms with Crippen molar-refractivity contribution in [2.45, 2.75) is 17.2 Å². The highest BCUT2D eigenvalue weighted by atomic mass is 127. The number of carbonyl (C=O) groups excluding carboxylic acids is 1. The number of thioether (sulfide) groups is 1. The average Bonchev–Trinajstić information content (AvgIpc) is 3.19. The van der Waals surface area contributed by atoms with Crippen molar-refractivity contribution in [2.24, 2.45) is 4.99 Å². The molecule has 0 aliphatic rings. The molecule has 0 bridgehead atoms. The number of thiazole rings is 1. The van der Waals surface area contributed by atoms with Crippen molar-refractivity contribution in [1.82, 2.24) is 20.5 Å². The van der Waals surface area contributed by atoms with Gasteiger partial charge in [0, 0.05) is 57.1 Å². The molecule has 1 amide bonds. The fourth-order valence-electron chi connectivity index (χ4n) is 2.38. The van der Waals surface area contributed by atoms with Gasteiger partial charge in [-0.25, -0.2) is 4.98 Å². The molecule has 0 radical (unpaired) electrons. The second kappa shape index (κ2) is 13.8. The first-order valence-corrected chi connectivity index (χ1v) is 10.7. The van der Waals surface area contributed by atoms with Crippen molar-refractivity contribution in [3.63, 3.8) is 0 Å². The van der Waals surface area contributed by atoms with E-state index in [0.29, 0.717) is 0 Å². The summed E-state index contributed by atoms with van der Waals surface area (Å²) in [5.41, 5.74) is 1.85. The first kappa shape index (κ1) is 24.7. The van der Waals surface area contributed by atoms with Crippen LogP contribution >= 0.6 is 47.1 Å². The van der Waals surface area contributed by atoms with Crippen LogP contribution in [0, 0.1) is 0 Å². The molecule has 1 heterocycles. The molecule has 28 heavy (non-hydrogen) atoms. The monoisotopic (exact) mass is 533 g/mol. The molecule has 2 N–H and O–H groups in total. The topological polar surface area (TPSA) is 69.6 Å². The third-order valence-electron chi connectivity index (χ3n) is 3.76. The molecule has 154 valence electrons. The standard InChI is InChI=1S/C19H27N5OS2.HI/c1-20-18(21-9-5-12-26-19-23-11-13-27-19)22-10-8-15-6-4-7-16(14-15)17(25)24(2)3;/h4,6-7,11,13-14H,5,8-10,12H2,1-3H3,(H2,20,21,22);1H. The normalized spacial score (nSPS) is 10.9. The highest BCUT2D eigenvalue weighted by molar-refractivity contribution is 14.0. The number of halogens is 1. The minimum Gasteiger partial charge on any atom is -0.356 e. The number of carbonyl (C=O) groups is 1. The summed E-state index contributed by atoms with van der Waals surface area (Å²) in [7, 11) is 5.30. The number of amides is 1. The first-order chi connectivity index (χ1) is 13.1. The minimum absolute atomic E-state index is 0. The average molecular weight is 534 g/mol. The molecule has 0 atom stereocenters. The van der Waals surface area contributed by atoms with Crippen LogP contribution in [0.2, 0.25) is 0 Å². The molecule has 1 aromatic carbocycles. The largest absolute Gasteiger partial charge is 0.356 e. The van der Waals surface area contributed by atoms with E-state index in [1.165, 1.54) is 0 Å². The van der Waals surface area contributed by atoms with Crippen molar-refractivity contribution < 1.29 is 4.79 Å². The fourth-order valence-corrected chi connectivity index (χ4v) is 4.03. The van der Waals surface area contributed by atoms with Gasteiger partial charge in [0.15, 0.2) is 5.96 Å². The third kappa shape index (κ3) is 8.78. The summed E-state index contributed by atoms with van der Waals surface area (Å²) in [5.74, 6) is 1.86. The van der Waals surface area contributed by atoms with Crippen molar-refractivity contribution in [1.29, 1.82) is 0 Å². The van der Waals surface area contributed by atoms with Crippen LogP contribution in [0.1, 0.15) is 22.3 Å². The molecule has 0 aliphatic heterocycles. The lowest BCUT2D eigenvalue weighted by atomic mass is 10.1. The lowest BCUT2D eigenvalue weighted by Gasteiger charge is -2.13. The Morgan fingerprint density at radius 2 is 2.07 bits per heavy atom. The Kier molecular flexibility index (Phi) is 12.2. The van der Waals surface area contributed by atoms with Gasteiger partial charge in [-0.2, -0.15) is 0 Å². The van der Waals surface area contributed by atoms with Crippen LogP contribution < -0.4 is 10.6 Å². The van der Waals surface area contributed by atoms with E-state index in [0.717, 1.165) is 53.1 Å². The molecular formula is C19H28IN5OS2. The Morgan fingerprint density at radius 1 is 1.29 bits per heavy atom. The zero-order valence-electron chi connectivity index (χ0n) is 16.5. The number of rotatable bonds is 9. The summed E-state index contributed by atoms with van der Waals surface area (Å²) in [5, 5.41) is 8.65. The first-order valence-electron chi connectivity index (χ1n) is 8.87. The summed E-state index contributed by atoms with van der Waals surface area (Å²) >= 11 is 3.46. The van der Waals surface area contributed by atoms with Gasteiger partial charge in [-0.3, -0.25) is 9.79 Å². The summed E-state index contributed by atoms with van der Waals surface area (Å²) in [6.07, 6.45) is 3.71. The maximum Gasteiger partial charge on any atom is 0.253 e. The second-order valence-electron chi connectivity index (χ2n) is 6.08. The summed E-state index contributed by atoms with van der Waals surface area (Å²) in [4.78, 5) is 22.2. The SMILES string of the molecule is CN=C(NCCCSc1nccs1)NCCc1cccc(C(=O)N(C)C)c1.I. The van der Waals surface area contributed by atoms with Gasteiger partial charge in [-0.15, -0.1) is 35.3 Å². The molecule has 0 saturated heterocycles. The molecule has 0 saturated carbocycles. The molecule has 0 unspecified atom stereocenters. The smallest absolute Gasteiger partial charge is 0.253 e. The maximum absolute atomic E-state index is 12.0. The van der Waals surface area contributed by atoms with Crippen molar-refractivity contribution in [2.75, 3.05) is 40.0 Å². The van der Waals surface area contributed by atoms with Gasteiger partial charge in [-0.1, -0.05) is 23.9 Å². The van der Waals surface area contributed by atoms with E-state index in [-0.39, 0.29) is 29.9 Å². The lowest BCUT2D eigenvalue weighted by molar-refractivity contribution is 0.0827. The molecular weight excluding hydrogens is 505 g/mol. The zero-order chi connectivity index (χ0) is 19.5. The van der Waals surface area contributed by atoms with Crippen LogP contribution in [0.5, 0.6) is 0 Å². The van der Waals surface area contributed by atoms with Crippen LogP contribution in [-0.2, 0) is 6.42 Å². The lowest BCUT2D eigenvalue weighted by Crippen LogP contribution is -2.38. The quantitative estimate of drug-likeness (QED) is 0.170. The summed E-state index contributed by atoms with van der Waals surface area (Å²) in [6.45, 7) is 1.62. The van der Waals surface area contributed by atoms with E-state index in [1.54, 1.807) is 49.1 Å². The van der Waals surface area contributed by atoms with Gasteiger partial charge >= 0.3 is 0 Å². The van der Waals surface area contributed by atoms with E-state index in [9.17, 15) is 4.79 Å². The van der Waals surface area contributed by atoms with Gasteiger partial charge in [0.1, 0.15) is 4.34 Å². The fraction of sp³-hybridized carbons (Fsp3) is 0.421. The molecule has 1 aromatic heterocycles. The maximum atomic E-state index is 12.0. The van der Waals surface area contributed by atoms with Crippen molar-refractivity contribution in [3.8, 4) is 0 Å². The number of hydrogen-bond acceptors (Lipinski definition) is 5. The third-order valence-corrected chi connectivity index (χ3v) is 5.81. The molecule has 6 nitrogen and oxygen atoms in total. The highest BCUT2D eigenvalue weighted by Crippen LogP contribution is 2.20.